The Morgan fingerprint density at radius 2 is 2.05 bits per heavy atom. The van der Waals surface area contributed by atoms with Gasteiger partial charge in [-0.15, -0.1) is 0 Å². The fourth-order valence-corrected chi connectivity index (χ4v) is 2.79. The lowest BCUT2D eigenvalue weighted by Crippen LogP contribution is -2.36. The number of aliphatic hydroxyl groups excluding tert-OH is 1. The van der Waals surface area contributed by atoms with Gasteiger partial charge in [-0.2, -0.15) is 0 Å². The van der Waals surface area contributed by atoms with Gasteiger partial charge in [0.15, 0.2) is 0 Å². The zero-order valence-corrected chi connectivity index (χ0v) is 10.9. The fraction of sp³-hybridized carbons (Fsp3) is 0.500. The average molecular weight is 264 g/mol. The predicted octanol–water partition coefficient (Wildman–Crippen LogP) is 1.71. The lowest BCUT2D eigenvalue weighted by Gasteiger charge is -2.31. The minimum atomic E-state index is -0.962. The first-order valence-electron chi connectivity index (χ1n) is 6.64. The largest absolute Gasteiger partial charge is 0.478 e. The predicted molar refractivity (Wildman–Crippen MR) is 74.5 cm³/mol. The topological polar surface area (TPSA) is 86.8 Å². The summed E-state index contributed by atoms with van der Waals surface area (Å²) in [6.07, 6.45) is 4.37. The van der Waals surface area contributed by atoms with Gasteiger partial charge in [0.2, 0.25) is 0 Å². The Bertz CT molecular complexity index is 456. The summed E-state index contributed by atoms with van der Waals surface area (Å²) in [7, 11) is 0. The van der Waals surface area contributed by atoms with Gasteiger partial charge >= 0.3 is 5.97 Å². The van der Waals surface area contributed by atoms with Crippen LogP contribution in [0.3, 0.4) is 0 Å². The SMILES string of the molecule is Nc1ccc(C(=O)O)c(N(CCO)C2CCCC2)c1. The molecule has 1 aliphatic rings. The summed E-state index contributed by atoms with van der Waals surface area (Å²) in [4.78, 5) is 13.3. The van der Waals surface area contributed by atoms with Crippen LogP contribution in [0.25, 0.3) is 0 Å². The number of carboxylic acid groups (broad SMARTS) is 1. The van der Waals surface area contributed by atoms with E-state index in [1.807, 2.05) is 4.90 Å². The highest BCUT2D eigenvalue weighted by Gasteiger charge is 2.25. The molecule has 0 atom stereocenters. The van der Waals surface area contributed by atoms with Crippen molar-refractivity contribution in [2.75, 3.05) is 23.8 Å². The van der Waals surface area contributed by atoms with Gasteiger partial charge in [0.25, 0.3) is 0 Å². The minimum absolute atomic E-state index is 0.00432. The van der Waals surface area contributed by atoms with Gasteiger partial charge in [-0.25, -0.2) is 4.79 Å². The van der Waals surface area contributed by atoms with Gasteiger partial charge < -0.3 is 20.8 Å². The van der Waals surface area contributed by atoms with E-state index in [4.69, 9.17) is 5.73 Å². The zero-order valence-electron chi connectivity index (χ0n) is 10.9. The van der Waals surface area contributed by atoms with Crippen LogP contribution in [0.1, 0.15) is 36.0 Å². The number of nitrogen functional groups attached to an aromatic ring is 1. The van der Waals surface area contributed by atoms with Gasteiger partial charge in [0.1, 0.15) is 0 Å². The molecule has 0 bridgehead atoms. The molecule has 1 saturated carbocycles. The third kappa shape index (κ3) is 2.98. The highest BCUT2D eigenvalue weighted by Crippen LogP contribution is 2.31. The molecule has 104 valence electrons. The molecule has 0 spiro atoms. The van der Waals surface area contributed by atoms with Gasteiger partial charge in [-0.3, -0.25) is 0 Å². The third-order valence-electron chi connectivity index (χ3n) is 3.67. The molecule has 5 nitrogen and oxygen atoms in total. The van der Waals surface area contributed by atoms with E-state index in [1.54, 1.807) is 12.1 Å². The number of benzene rings is 1. The van der Waals surface area contributed by atoms with Crippen LogP contribution in [0.4, 0.5) is 11.4 Å². The highest BCUT2D eigenvalue weighted by atomic mass is 16.4. The average Bonchev–Trinajstić information content (AvgIpc) is 2.89. The minimum Gasteiger partial charge on any atom is -0.478 e. The Kier molecular flexibility index (Phi) is 4.27. The van der Waals surface area contributed by atoms with Crippen molar-refractivity contribution in [3.63, 3.8) is 0 Å². The molecule has 5 heteroatoms. The van der Waals surface area contributed by atoms with E-state index in [1.165, 1.54) is 6.07 Å². The van der Waals surface area contributed by atoms with Crippen LogP contribution in [0.15, 0.2) is 18.2 Å². The molecular weight excluding hydrogens is 244 g/mol. The van der Waals surface area contributed by atoms with Crippen molar-refractivity contribution in [1.29, 1.82) is 0 Å². The van der Waals surface area contributed by atoms with Crippen LogP contribution in [0.2, 0.25) is 0 Å². The number of anilines is 2. The molecule has 0 radical (unpaired) electrons. The molecule has 1 aromatic carbocycles. The number of hydrogen-bond acceptors (Lipinski definition) is 4. The van der Waals surface area contributed by atoms with Gasteiger partial charge in [-0.05, 0) is 31.0 Å². The molecule has 0 aromatic heterocycles. The highest BCUT2D eigenvalue weighted by molar-refractivity contribution is 5.95. The number of rotatable bonds is 5. The van der Waals surface area contributed by atoms with Crippen molar-refractivity contribution in [2.24, 2.45) is 0 Å². The smallest absolute Gasteiger partial charge is 0.337 e. The van der Waals surface area contributed by atoms with E-state index >= 15 is 0 Å². The Hall–Kier alpha value is -1.75. The summed E-state index contributed by atoms with van der Waals surface area (Å²) < 4.78 is 0. The van der Waals surface area contributed by atoms with Crippen LogP contribution >= 0.6 is 0 Å². The Labute approximate surface area is 112 Å². The second-order valence-corrected chi connectivity index (χ2v) is 4.94. The van der Waals surface area contributed by atoms with Crippen molar-refractivity contribution in [3.8, 4) is 0 Å². The van der Waals surface area contributed by atoms with Crippen LogP contribution in [-0.2, 0) is 0 Å². The summed E-state index contributed by atoms with van der Waals surface area (Å²) in [5, 5.41) is 18.5. The molecule has 0 amide bonds. The lowest BCUT2D eigenvalue weighted by atomic mass is 10.1. The number of aliphatic hydroxyl groups is 1. The number of aromatic carboxylic acids is 1. The molecule has 0 aliphatic heterocycles. The van der Waals surface area contributed by atoms with Gasteiger partial charge in [0, 0.05) is 18.3 Å². The normalized spacial score (nSPS) is 15.6. The summed E-state index contributed by atoms with van der Waals surface area (Å²) in [5.41, 5.74) is 7.18. The maximum absolute atomic E-state index is 11.3. The first-order valence-corrected chi connectivity index (χ1v) is 6.64. The second kappa shape index (κ2) is 5.93. The lowest BCUT2D eigenvalue weighted by molar-refractivity contribution is 0.0697. The molecule has 2 rings (SSSR count). The number of nitrogens with two attached hydrogens (primary N) is 1. The number of carboxylic acids is 1. The van der Waals surface area contributed by atoms with Crippen LogP contribution in [0, 0.1) is 0 Å². The number of hydrogen-bond donors (Lipinski definition) is 3. The molecule has 1 fully saturated rings. The van der Waals surface area contributed by atoms with Crippen LogP contribution in [-0.4, -0.2) is 35.4 Å². The summed E-state index contributed by atoms with van der Waals surface area (Å²) >= 11 is 0. The maximum Gasteiger partial charge on any atom is 0.337 e. The van der Waals surface area contributed by atoms with E-state index in [2.05, 4.69) is 0 Å². The van der Waals surface area contributed by atoms with Crippen LogP contribution in [0.5, 0.6) is 0 Å². The quantitative estimate of drug-likeness (QED) is 0.705. The molecule has 0 unspecified atom stereocenters. The van der Waals surface area contributed by atoms with Crippen molar-refractivity contribution in [1.82, 2.24) is 0 Å². The van der Waals surface area contributed by atoms with Crippen LogP contribution < -0.4 is 10.6 Å². The van der Waals surface area contributed by atoms with Crippen molar-refractivity contribution in [2.45, 2.75) is 31.7 Å². The molecule has 0 saturated heterocycles. The number of carbonyl (C=O) groups is 1. The van der Waals surface area contributed by atoms with E-state index < -0.39 is 5.97 Å². The Balaban J connectivity index is 2.39. The monoisotopic (exact) mass is 264 g/mol. The van der Waals surface area contributed by atoms with Crippen molar-refractivity contribution < 1.29 is 15.0 Å². The first-order chi connectivity index (χ1) is 9.13. The van der Waals surface area contributed by atoms with Crippen molar-refractivity contribution >= 4 is 17.3 Å². The maximum atomic E-state index is 11.3. The molecule has 4 N–H and O–H groups in total. The van der Waals surface area contributed by atoms with Crippen molar-refractivity contribution in [3.05, 3.63) is 23.8 Å². The first kappa shape index (κ1) is 13.7. The van der Waals surface area contributed by atoms with Gasteiger partial charge in [-0.1, -0.05) is 12.8 Å². The Morgan fingerprint density at radius 3 is 2.63 bits per heavy atom. The molecule has 1 aliphatic carbocycles. The molecule has 19 heavy (non-hydrogen) atoms. The molecule has 1 aromatic rings. The summed E-state index contributed by atoms with van der Waals surface area (Å²) in [5.74, 6) is -0.962. The van der Waals surface area contributed by atoms with E-state index in [-0.39, 0.29) is 12.2 Å². The number of nitrogens with zero attached hydrogens (tertiary/aromatic N) is 1. The standard InChI is InChI=1S/C14H20N2O3/c15-10-5-6-12(14(18)19)13(9-10)16(7-8-17)11-3-1-2-4-11/h5-6,9,11,17H,1-4,7-8,15H2,(H,18,19). The third-order valence-corrected chi connectivity index (χ3v) is 3.67. The molecule has 0 heterocycles. The fourth-order valence-electron chi connectivity index (χ4n) is 2.79. The molecular formula is C14H20N2O3. The Morgan fingerprint density at radius 1 is 1.37 bits per heavy atom. The summed E-state index contributed by atoms with van der Waals surface area (Å²) in [6, 6.07) is 5.12. The second-order valence-electron chi connectivity index (χ2n) is 4.94. The van der Waals surface area contributed by atoms with E-state index in [0.29, 0.717) is 24.0 Å². The zero-order chi connectivity index (χ0) is 13.8. The summed E-state index contributed by atoms with van der Waals surface area (Å²) in [6.45, 7) is 0.443. The van der Waals surface area contributed by atoms with Gasteiger partial charge in [0.05, 0.1) is 17.9 Å². The van der Waals surface area contributed by atoms with E-state index in [9.17, 15) is 15.0 Å². The van der Waals surface area contributed by atoms with E-state index in [0.717, 1.165) is 25.7 Å².